The molecule has 18 nitrogen and oxygen atoms in total. The van der Waals surface area contributed by atoms with Gasteiger partial charge in [0.1, 0.15) is 34.5 Å². The quantitative estimate of drug-likeness (QED) is 0.0598. The summed E-state index contributed by atoms with van der Waals surface area (Å²) in [6.45, 7) is 13.4. The van der Waals surface area contributed by atoms with Crippen LogP contribution >= 0.6 is 0 Å². The molecule has 4 atom stereocenters. The van der Waals surface area contributed by atoms with Crippen molar-refractivity contribution in [1.82, 2.24) is 60.5 Å². The average molecular weight is 1190 g/mol. The van der Waals surface area contributed by atoms with Crippen molar-refractivity contribution in [2.45, 2.75) is 78.4 Å². The molecule has 0 aromatic carbocycles. The fourth-order valence-electron chi connectivity index (χ4n) is 11.3. The number of ether oxygens (including phenoxy) is 1. The molecular formula is C59H77F8N17O. The summed E-state index contributed by atoms with van der Waals surface area (Å²) in [6.07, 6.45) is 2.37. The zero-order valence-corrected chi connectivity index (χ0v) is 47.4. The smallest absolute Gasteiger partial charge is 0.373 e. The average Bonchev–Trinajstić information content (AvgIpc) is 1.98. The van der Waals surface area contributed by atoms with E-state index in [0.29, 0.717) is 128 Å². The molecule has 0 radical (unpaired) electrons. The van der Waals surface area contributed by atoms with Gasteiger partial charge >= 0.3 is 12.4 Å². The Hall–Kier alpha value is -8.23. The molecule has 2 fully saturated rings. The molecule has 26 heteroatoms. The fraction of sp³-hybridized carbons (Fsp3) is 0.407. The number of H-pyrrole nitrogens is 3. The molecule has 9 aromatic rings. The van der Waals surface area contributed by atoms with E-state index >= 15 is 0 Å². The number of morpholine rings is 1. The van der Waals surface area contributed by atoms with Gasteiger partial charge in [-0.05, 0) is 118 Å². The van der Waals surface area contributed by atoms with E-state index in [0.717, 1.165) is 31.7 Å². The number of piperidine rings is 1. The van der Waals surface area contributed by atoms with E-state index in [1.807, 2.05) is 15.9 Å². The molecule has 0 aliphatic carbocycles. The summed E-state index contributed by atoms with van der Waals surface area (Å²) in [7, 11) is 0. The van der Waals surface area contributed by atoms with Crippen LogP contribution in [0.3, 0.4) is 0 Å². The van der Waals surface area contributed by atoms with Crippen LogP contribution in [0.2, 0.25) is 0 Å². The Morgan fingerprint density at radius 2 is 1.18 bits per heavy atom. The van der Waals surface area contributed by atoms with Crippen molar-refractivity contribution < 1.29 is 48.4 Å². The summed E-state index contributed by atoms with van der Waals surface area (Å²) >= 11 is 0. The second kappa shape index (κ2) is 24.4. The van der Waals surface area contributed by atoms with Gasteiger partial charge in [0.05, 0.1) is 40.8 Å². The molecule has 460 valence electrons. The normalized spacial score (nSPS) is 19.1. The van der Waals surface area contributed by atoms with Gasteiger partial charge < -0.3 is 30.9 Å². The molecule has 85 heavy (non-hydrogen) atoms. The Balaban J connectivity index is 0.000000284. The zero-order chi connectivity index (χ0) is 60.4. The minimum absolute atomic E-state index is 0. The number of nitrogens with one attached hydrogen (secondary N) is 3. The molecule has 0 amide bonds. The Morgan fingerprint density at radius 1 is 0.682 bits per heavy atom. The van der Waals surface area contributed by atoms with E-state index in [9.17, 15) is 35.1 Å². The maximum atomic E-state index is 14.6. The van der Waals surface area contributed by atoms with Crippen molar-refractivity contribution in [2.75, 3.05) is 67.1 Å². The van der Waals surface area contributed by atoms with E-state index in [4.69, 9.17) is 16.2 Å². The van der Waals surface area contributed by atoms with Gasteiger partial charge in [0.2, 0.25) is 0 Å². The summed E-state index contributed by atoms with van der Waals surface area (Å²) in [5.41, 5.74) is 11.6. The van der Waals surface area contributed by atoms with Gasteiger partial charge in [-0.3, -0.25) is 15.3 Å². The predicted octanol–water partition coefficient (Wildman–Crippen LogP) is 12.6. The number of pyridine rings is 6. The summed E-state index contributed by atoms with van der Waals surface area (Å²) in [5.74, 6) is 0.921. The van der Waals surface area contributed by atoms with Crippen molar-refractivity contribution in [3.05, 3.63) is 121 Å². The Bertz CT molecular complexity index is 3840. The van der Waals surface area contributed by atoms with Crippen LogP contribution in [0, 0.1) is 34.3 Å². The molecule has 9 aromatic heterocycles. The topological polar surface area (TPSA) is 234 Å². The van der Waals surface area contributed by atoms with Crippen LogP contribution in [-0.4, -0.2) is 131 Å². The van der Waals surface area contributed by atoms with Crippen LogP contribution in [-0.2, 0) is 10.9 Å². The molecule has 0 bridgehead atoms. The lowest BCUT2D eigenvalue weighted by Gasteiger charge is -2.43. The number of nitrogens with two attached hydrogens (primary N) is 2. The summed E-state index contributed by atoms with van der Waals surface area (Å²) in [4.78, 5) is 31.8. The van der Waals surface area contributed by atoms with Crippen molar-refractivity contribution >= 4 is 50.6 Å². The first-order valence-corrected chi connectivity index (χ1v) is 27.9. The number of nitrogens with zero attached hydrogens (tertiary/aromatic N) is 12. The molecule has 2 saturated heterocycles. The number of fused-ring (bicyclic) bond motifs is 3. The SMILES string of the molecule is CC(C)(C(N)C1CCCN(c2ccc(F)c(-c3[nH]nc4ncccc34)n2)C1)C(F)(F)F.CC(C)CC1(C)C=CCN(c2ccc(C(F)(F)F)c(-c3[nH]nc4ncccc34)n2)C1.NCC1CN(c2ccc(F)c(-c3[nH]nc4ncccc34)n2)CCO1.[HH].[HH].[HH].[HH].[HH].[HH]. The molecule has 12 rings (SSSR count). The number of alkyl halides is 6. The van der Waals surface area contributed by atoms with Crippen LogP contribution in [0.5, 0.6) is 0 Å². The van der Waals surface area contributed by atoms with Gasteiger partial charge in [-0.25, -0.2) is 38.7 Å². The summed E-state index contributed by atoms with van der Waals surface area (Å²) < 4.78 is 116. The summed E-state index contributed by atoms with van der Waals surface area (Å²) in [6, 6.07) is 17.9. The predicted molar refractivity (Wildman–Crippen MR) is 322 cm³/mol. The molecular weight excluding hydrogens is 1110 g/mol. The number of aromatic amines is 3. The Labute approximate surface area is 492 Å². The second-order valence-corrected chi connectivity index (χ2v) is 22.8. The molecule has 0 saturated carbocycles. The molecule has 3 aliphatic heterocycles. The number of rotatable bonds is 11. The van der Waals surface area contributed by atoms with Crippen LogP contribution in [0.1, 0.15) is 68.0 Å². The third-order valence-corrected chi connectivity index (χ3v) is 15.7. The van der Waals surface area contributed by atoms with Crippen molar-refractivity contribution in [2.24, 2.45) is 34.1 Å². The molecule has 0 spiro atoms. The maximum Gasteiger partial charge on any atom is 0.418 e. The van der Waals surface area contributed by atoms with Gasteiger partial charge in [-0.1, -0.05) is 32.9 Å². The third-order valence-electron chi connectivity index (χ3n) is 15.7. The monoisotopic (exact) mass is 1190 g/mol. The maximum absolute atomic E-state index is 14.6. The third kappa shape index (κ3) is 12.9. The first kappa shape index (κ1) is 59.9. The molecule has 7 N–H and O–H groups in total. The van der Waals surface area contributed by atoms with E-state index in [-0.39, 0.29) is 48.8 Å². The summed E-state index contributed by atoms with van der Waals surface area (Å²) in [5, 5.41) is 22.5. The first-order chi connectivity index (χ1) is 40.5. The van der Waals surface area contributed by atoms with Crippen LogP contribution in [0.25, 0.3) is 67.3 Å². The van der Waals surface area contributed by atoms with Gasteiger partial charge in [0.15, 0.2) is 28.6 Å². The first-order valence-electron chi connectivity index (χ1n) is 27.9. The van der Waals surface area contributed by atoms with E-state index in [1.165, 1.54) is 18.2 Å². The van der Waals surface area contributed by atoms with Gasteiger partial charge in [-0.2, -0.15) is 41.6 Å². The standard InChI is InChI=1S/C22H24F3N5.C21H24F4N6.C16H17FN6O.6H2/c1-14(2)12-21(3)9-5-11-30(13-21)17-8-7-16(22(23,24)25)19(27-17)18-15-6-4-10-26-20(15)29-28-18;1-20(2,21(23,24)25)18(26)12-5-4-10-31(11-12)15-8-7-14(22)17(28-15)16-13-6-3-9-27-19(13)30-29-16;17-12-3-4-13(23-6-7-24-10(8-18)9-23)20-15(12)14-11-2-1-5-19-16(11)22-21-14;;;;;;/h4-10,14H,11-13H2,1-3H3,(H,26,28,29);3,6-9,12,18H,4-5,10-11,26H2,1-2H3,(H,27,29,30);1-5,10H,6-9,18H2,(H,19,21,22);6*1H. The van der Waals surface area contributed by atoms with Gasteiger partial charge in [0.25, 0.3) is 0 Å². The van der Waals surface area contributed by atoms with Crippen LogP contribution in [0.15, 0.2) is 104 Å². The largest absolute Gasteiger partial charge is 0.418 e. The van der Waals surface area contributed by atoms with Crippen LogP contribution in [0.4, 0.5) is 52.6 Å². The van der Waals surface area contributed by atoms with Crippen molar-refractivity contribution in [1.29, 1.82) is 0 Å². The van der Waals surface area contributed by atoms with Crippen LogP contribution < -0.4 is 26.2 Å². The lowest BCUT2D eigenvalue weighted by molar-refractivity contribution is -0.222. The Kier molecular flexibility index (Phi) is 17.2. The molecule has 12 heterocycles. The minimum atomic E-state index is -4.53. The van der Waals surface area contributed by atoms with E-state index < -0.39 is 41.0 Å². The fourth-order valence-corrected chi connectivity index (χ4v) is 11.3. The highest BCUT2D eigenvalue weighted by Crippen LogP contribution is 2.44. The lowest BCUT2D eigenvalue weighted by atomic mass is 9.74. The van der Waals surface area contributed by atoms with Gasteiger partial charge in [0, 0.05) is 101 Å². The zero-order valence-electron chi connectivity index (χ0n) is 47.4. The number of hydrogen-bond acceptors (Lipinski definition) is 15. The Morgan fingerprint density at radius 3 is 1.68 bits per heavy atom. The second-order valence-electron chi connectivity index (χ2n) is 22.8. The number of aromatic nitrogens is 12. The van der Waals surface area contributed by atoms with Crippen molar-refractivity contribution in [3.8, 4) is 34.2 Å². The highest BCUT2D eigenvalue weighted by molar-refractivity contribution is 5.92. The van der Waals surface area contributed by atoms with E-state index in [1.54, 1.807) is 61.1 Å². The highest BCUT2D eigenvalue weighted by Gasteiger charge is 2.53. The molecule has 4 unspecified atom stereocenters. The van der Waals surface area contributed by atoms with Gasteiger partial charge in [-0.15, -0.1) is 0 Å². The molecule has 3 aliphatic rings. The number of halogens is 8. The number of anilines is 3. The highest BCUT2D eigenvalue weighted by atomic mass is 19.4. The number of hydrogen-bond donors (Lipinski definition) is 5. The minimum Gasteiger partial charge on any atom is -0.373 e. The lowest BCUT2D eigenvalue weighted by Crippen LogP contribution is -2.55. The van der Waals surface area contributed by atoms with E-state index in [2.05, 4.69) is 98.3 Å². The van der Waals surface area contributed by atoms with Crippen molar-refractivity contribution in [3.63, 3.8) is 0 Å².